The molecule has 1 amide bonds. The summed E-state index contributed by atoms with van der Waals surface area (Å²) in [5.41, 5.74) is 0. The van der Waals surface area contributed by atoms with Crippen LogP contribution in [0.1, 0.15) is 19.3 Å². The number of carbonyl (C=O) groups is 1. The summed E-state index contributed by atoms with van der Waals surface area (Å²) in [6.07, 6.45) is 1.63. The normalized spacial score (nSPS) is 25.0. The van der Waals surface area contributed by atoms with Gasteiger partial charge in [0.05, 0.1) is 11.0 Å². The first-order valence-corrected chi connectivity index (χ1v) is 10.2. The van der Waals surface area contributed by atoms with E-state index in [2.05, 4.69) is 5.32 Å². The number of hydrogen-bond acceptors (Lipinski definition) is 5. The summed E-state index contributed by atoms with van der Waals surface area (Å²) < 4.78 is 26.5. The van der Waals surface area contributed by atoms with Gasteiger partial charge in [0.25, 0.3) is 0 Å². The van der Waals surface area contributed by atoms with Crippen LogP contribution in [0.4, 0.5) is 0 Å². The average molecular weight is 367 g/mol. The number of nitrogens with zero attached hydrogens (tertiary/aromatic N) is 2. The van der Waals surface area contributed by atoms with Gasteiger partial charge in [0, 0.05) is 38.6 Å². The molecule has 2 aliphatic rings. The van der Waals surface area contributed by atoms with Gasteiger partial charge in [-0.15, -0.1) is 0 Å². The molecule has 2 N–H and O–H groups in total. The lowest BCUT2D eigenvalue weighted by atomic mass is 10.2. The highest BCUT2D eigenvalue weighted by atomic mass is 32.2. The van der Waals surface area contributed by atoms with Crippen molar-refractivity contribution in [1.29, 1.82) is 0 Å². The number of carbonyl (C=O) groups excluding carboxylic acids is 1. The van der Waals surface area contributed by atoms with E-state index in [1.807, 2.05) is 4.90 Å². The number of rotatable bonds is 7. The van der Waals surface area contributed by atoms with E-state index >= 15 is 0 Å². The number of benzene rings is 1. The Hall–Kier alpha value is -1.48. The quantitative estimate of drug-likeness (QED) is 0.664. The van der Waals surface area contributed by atoms with E-state index in [9.17, 15) is 18.3 Å². The second-order valence-electron chi connectivity index (χ2n) is 6.60. The summed E-state index contributed by atoms with van der Waals surface area (Å²) in [4.78, 5) is 13.7. The van der Waals surface area contributed by atoms with Gasteiger partial charge >= 0.3 is 0 Å². The molecule has 0 unspecified atom stereocenters. The van der Waals surface area contributed by atoms with Gasteiger partial charge in [-0.3, -0.25) is 4.79 Å². The topological polar surface area (TPSA) is 90.0 Å². The van der Waals surface area contributed by atoms with Crippen LogP contribution < -0.4 is 5.32 Å². The monoisotopic (exact) mass is 367 g/mol. The molecule has 2 aliphatic heterocycles. The largest absolute Gasteiger partial charge is 0.390 e. The van der Waals surface area contributed by atoms with Crippen LogP contribution in [0.15, 0.2) is 35.2 Å². The van der Waals surface area contributed by atoms with Gasteiger partial charge < -0.3 is 15.3 Å². The zero-order chi connectivity index (χ0) is 17.9. The van der Waals surface area contributed by atoms with Crippen molar-refractivity contribution in [3.8, 4) is 0 Å². The number of aliphatic hydroxyl groups is 1. The van der Waals surface area contributed by atoms with Gasteiger partial charge in [-0.25, -0.2) is 8.42 Å². The van der Waals surface area contributed by atoms with Crippen LogP contribution in [0.25, 0.3) is 0 Å². The molecule has 2 saturated heterocycles. The van der Waals surface area contributed by atoms with Crippen LogP contribution >= 0.6 is 0 Å². The van der Waals surface area contributed by atoms with Gasteiger partial charge in [-0.05, 0) is 31.5 Å². The van der Waals surface area contributed by atoms with Gasteiger partial charge in [0.2, 0.25) is 15.9 Å². The van der Waals surface area contributed by atoms with Crippen molar-refractivity contribution in [2.45, 2.75) is 36.3 Å². The van der Waals surface area contributed by atoms with Crippen molar-refractivity contribution >= 4 is 15.9 Å². The molecule has 0 bridgehead atoms. The van der Waals surface area contributed by atoms with E-state index in [1.165, 1.54) is 4.31 Å². The molecular weight excluding hydrogens is 342 g/mol. The van der Waals surface area contributed by atoms with Crippen LogP contribution in [-0.2, 0) is 14.8 Å². The Kier molecular flexibility index (Phi) is 5.73. The van der Waals surface area contributed by atoms with Crippen molar-refractivity contribution in [2.24, 2.45) is 0 Å². The van der Waals surface area contributed by atoms with E-state index in [1.54, 1.807) is 30.3 Å². The van der Waals surface area contributed by atoms with Gasteiger partial charge in [0.1, 0.15) is 0 Å². The van der Waals surface area contributed by atoms with Crippen LogP contribution in [0.5, 0.6) is 0 Å². The van der Waals surface area contributed by atoms with Crippen LogP contribution in [0.3, 0.4) is 0 Å². The minimum Gasteiger partial charge on any atom is -0.390 e. The zero-order valence-corrected chi connectivity index (χ0v) is 15.0. The molecule has 2 fully saturated rings. The maximum absolute atomic E-state index is 12.6. The van der Waals surface area contributed by atoms with Gasteiger partial charge in [-0.1, -0.05) is 18.2 Å². The maximum Gasteiger partial charge on any atom is 0.243 e. The minimum atomic E-state index is -3.58. The first-order chi connectivity index (χ1) is 12.0. The third-order valence-electron chi connectivity index (χ3n) is 4.82. The number of hydrogen-bond donors (Lipinski definition) is 2. The fraction of sp³-hybridized carbons (Fsp3) is 0.588. The Morgan fingerprint density at radius 3 is 2.64 bits per heavy atom. The molecule has 0 aliphatic carbocycles. The molecule has 138 valence electrons. The van der Waals surface area contributed by atoms with E-state index in [-0.39, 0.29) is 29.9 Å². The predicted molar refractivity (Wildman–Crippen MR) is 93.4 cm³/mol. The SMILES string of the molecule is O=C1CCCN1CCCN[C@@H]1CN(S(=O)(=O)c2ccccc2)C[C@H]1O. The summed E-state index contributed by atoms with van der Waals surface area (Å²) in [6.45, 7) is 2.53. The Bertz CT molecular complexity index is 695. The number of amides is 1. The van der Waals surface area contributed by atoms with Crippen molar-refractivity contribution in [1.82, 2.24) is 14.5 Å². The van der Waals surface area contributed by atoms with E-state index in [0.717, 1.165) is 19.4 Å². The molecule has 25 heavy (non-hydrogen) atoms. The molecule has 0 saturated carbocycles. The Morgan fingerprint density at radius 1 is 1.20 bits per heavy atom. The third-order valence-corrected chi connectivity index (χ3v) is 6.67. The average Bonchev–Trinajstić information content (AvgIpc) is 3.19. The predicted octanol–water partition coefficient (Wildman–Crippen LogP) is 0.0225. The first kappa shape index (κ1) is 18.3. The third kappa shape index (κ3) is 4.20. The Morgan fingerprint density at radius 2 is 1.96 bits per heavy atom. The molecule has 7 nitrogen and oxygen atoms in total. The highest BCUT2D eigenvalue weighted by Gasteiger charge is 2.38. The summed E-state index contributed by atoms with van der Waals surface area (Å²) in [6, 6.07) is 8.00. The summed E-state index contributed by atoms with van der Waals surface area (Å²) in [7, 11) is -3.58. The van der Waals surface area contributed by atoms with Crippen molar-refractivity contribution in [3.05, 3.63) is 30.3 Å². The van der Waals surface area contributed by atoms with E-state index in [0.29, 0.717) is 19.5 Å². The number of likely N-dealkylation sites (tertiary alicyclic amines) is 1. The minimum absolute atomic E-state index is 0.0967. The molecule has 1 aromatic carbocycles. The fourth-order valence-electron chi connectivity index (χ4n) is 3.39. The summed E-state index contributed by atoms with van der Waals surface area (Å²) >= 11 is 0. The molecule has 0 spiro atoms. The Balaban J connectivity index is 1.49. The fourth-order valence-corrected chi connectivity index (χ4v) is 4.89. The highest BCUT2D eigenvalue weighted by molar-refractivity contribution is 7.89. The molecule has 2 atom stereocenters. The molecule has 1 aromatic rings. The van der Waals surface area contributed by atoms with Crippen LogP contribution in [0, 0.1) is 0 Å². The molecule has 3 rings (SSSR count). The molecule has 8 heteroatoms. The number of aliphatic hydroxyl groups excluding tert-OH is 1. The molecule has 2 heterocycles. The van der Waals surface area contributed by atoms with Gasteiger partial charge in [0.15, 0.2) is 0 Å². The second kappa shape index (κ2) is 7.82. The van der Waals surface area contributed by atoms with Crippen molar-refractivity contribution < 1.29 is 18.3 Å². The molecule has 0 radical (unpaired) electrons. The first-order valence-electron chi connectivity index (χ1n) is 8.73. The zero-order valence-electron chi connectivity index (χ0n) is 14.2. The van der Waals surface area contributed by atoms with Crippen molar-refractivity contribution in [2.75, 3.05) is 32.7 Å². The standard InChI is InChI=1S/C17H25N3O4S/c21-16-13-20(25(23,24)14-6-2-1-3-7-14)12-15(16)18-9-5-11-19-10-4-8-17(19)22/h1-3,6-7,15-16,18,21H,4-5,8-13H2/t15-,16-/m1/s1. The lowest BCUT2D eigenvalue weighted by Gasteiger charge is -2.19. The van der Waals surface area contributed by atoms with Crippen molar-refractivity contribution in [3.63, 3.8) is 0 Å². The molecule has 0 aromatic heterocycles. The summed E-state index contributed by atoms with van der Waals surface area (Å²) in [5.74, 6) is 0.209. The number of β-amino-alcohol motifs (C(OH)–C–C–N with tert-alkyl or cyclic N) is 1. The number of sulfonamides is 1. The van der Waals surface area contributed by atoms with E-state index in [4.69, 9.17) is 0 Å². The van der Waals surface area contributed by atoms with Crippen LogP contribution in [0.2, 0.25) is 0 Å². The lowest BCUT2D eigenvalue weighted by molar-refractivity contribution is -0.127. The maximum atomic E-state index is 12.6. The van der Waals surface area contributed by atoms with Gasteiger partial charge in [-0.2, -0.15) is 4.31 Å². The van der Waals surface area contributed by atoms with E-state index < -0.39 is 16.1 Å². The Labute approximate surface area is 148 Å². The smallest absolute Gasteiger partial charge is 0.243 e. The second-order valence-corrected chi connectivity index (χ2v) is 8.54. The molecular formula is C17H25N3O4S. The highest BCUT2D eigenvalue weighted by Crippen LogP contribution is 2.21. The summed E-state index contributed by atoms with van der Waals surface area (Å²) in [5, 5.41) is 13.4. The number of nitrogens with one attached hydrogen (secondary N) is 1. The lowest BCUT2D eigenvalue weighted by Crippen LogP contribution is -2.40. The van der Waals surface area contributed by atoms with Crippen LogP contribution in [-0.4, -0.2) is 73.5 Å².